The van der Waals surface area contributed by atoms with Crippen LogP contribution in [0.4, 0.5) is 29.3 Å². The summed E-state index contributed by atoms with van der Waals surface area (Å²) in [4.78, 5) is 34.4. The number of likely N-dealkylation sites (tertiary alicyclic amines) is 1. The first-order chi connectivity index (χ1) is 21.8. The van der Waals surface area contributed by atoms with E-state index in [2.05, 4.69) is 21.8 Å². The lowest BCUT2D eigenvalue weighted by atomic mass is 9.86. The summed E-state index contributed by atoms with van der Waals surface area (Å²) in [6.07, 6.45) is -2.20. The van der Waals surface area contributed by atoms with Gasteiger partial charge >= 0.3 is 12.3 Å². The number of anilines is 2. The molecule has 1 unspecified atom stereocenters. The molecule has 46 heavy (non-hydrogen) atoms. The fourth-order valence-electron chi connectivity index (χ4n) is 5.07. The molecule has 2 aromatic carbocycles. The fourth-order valence-corrected chi connectivity index (χ4v) is 5.07. The van der Waals surface area contributed by atoms with E-state index in [4.69, 9.17) is 13.9 Å². The van der Waals surface area contributed by atoms with Crippen molar-refractivity contribution in [3.63, 3.8) is 0 Å². The highest BCUT2D eigenvalue weighted by molar-refractivity contribution is 5.99. The number of halogens is 3. The summed E-state index contributed by atoms with van der Waals surface area (Å²) in [5.41, 5.74) is -1.97. The molecule has 3 heterocycles. The number of pyridine rings is 1. The lowest BCUT2D eigenvalue weighted by molar-refractivity contribution is -0.137. The third-order valence-corrected chi connectivity index (χ3v) is 7.39. The lowest BCUT2D eigenvalue weighted by Gasteiger charge is -2.28. The van der Waals surface area contributed by atoms with Crippen LogP contribution in [0.25, 0.3) is 11.6 Å². The van der Waals surface area contributed by atoms with Crippen LogP contribution in [0.1, 0.15) is 44.2 Å². The second-order valence-corrected chi connectivity index (χ2v) is 11.6. The molecule has 2 aromatic heterocycles. The molecule has 2 amide bonds. The van der Waals surface area contributed by atoms with E-state index < -0.39 is 28.8 Å². The van der Waals surface area contributed by atoms with Crippen molar-refractivity contribution in [3.8, 4) is 17.3 Å². The van der Waals surface area contributed by atoms with Gasteiger partial charge in [0.25, 0.3) is 5.89 Å². The average molecular weight is 636 g/mol. The number of rotatable bonds is 8. The van der Waals surface area contributed by atoms with Gasteiger partial charge < -0.3 is 18.8 Å². The van der Waals surface area contributed by atoms with Gasteiger partial charge in [0.1, 0.15) is 16.8 Å². The number of carbonyl (C=O) groups is 2. The molecule has 5 rings (SSSR count). The molecule has 0 N–H and O–H groups in total. The summed E-state index contributed by atoms with van der Waals surface area (Å²) in [6, 6.07) is 14.5. The molecule has 1 aliphatic heterocycles. The van der Waals surface area contributed by atoms with Gasteiger partial charge in [-0.1, -0.05) is 18.2 Å². The minimum absolute atomic E-state index is 0.00492. The van der Waals surface area contributed by atoms with Gasteiger partial charge in [-0.3, -0.25) is 4.79 Å². The Balaban J connectivity index is 1.49. The Morgan fingerprint density at radius 2 is 1.78 bits per heavy atom. The molecule has 1 atom stereocenters. The Morgan fingerprint density at radius 1 is 1.09 bits per heavy atom. The maximum atomic E-state index is 13.7. The molecule has 13 heteroatoms. The van der Waals surface area contributed by atoms with Gasteiger partial charge in [0.15, 0.2) is 5.69 Å². The molecule has 0 radical (unpaired) electrons. The van der Waals surface area contributed by atoms with E-state index >= 15 is 0 Å². The molecule has 240 valence electrons. The third kappa shape index (κ3) is 6.44. The van der Waals surface area contributed by atoms with E-state index in [9.17, 15) is 22.8 Å². The molecule has 10 nitrogen and oxygen atoms in total. The van der Waals surface area contributed by atoms with Crippen LogP contribution in [0.3, 0.4) is 0 Å². The predicted molar refractivity (Wildman–Crippen MR) is 162 cm³/mol. The number of nitrogens with zero attached hydrogens (tertiary/aromatic N) is 5. The van der Waals surface area contributed by atoms with Crippen molar-refractivity contribution in [3.05, 3.63) is 96.5 Å². The average Bonchev–Trinajstić information content (AvgIpc) is 3.62. The number of carbonyl (C=O) groups excluding carboxylic acids is 2. The smallest absolute Gasteiger partial charge is 0.419 e. The van der Waals surface area contributed by atoms with E-state index in [1.807, 2.05) is 24.3 Å². The zero-order valence-corrected chi connectivity index (χ0v) is 25.7. The summed E-state index contributed by atoms with van der Waals surface area (Å²) >= 11 is 0. The lowest BCUT2D eigenvalue weighted by Crippen LogP contribution is -2.36. The highest BCUT2D eigenvalue weighted by atomic mass is 19.4. The first-order valence-corrected chi connectivity index (χ1v) is 14.3. The Kier molecular flexibility index (Phi) is 8.61. The number of ether oxygens (including phenoxy) is 2. The molecule has 0 aliphatic carbocycles. The normalized spacial score (nSPS) is 16.8. The zero-order valence-electron chi connectivity index (χ0n) is 25.7. The highest BCUT2D eigenvalue weighted by Crippen LogP contribution is 2.40. The second-order valence-electron chi connectivity index (χ2n) is 11.6. The maximum Gasteiger partial charge on any atom is 0.419 e. The van der Waals surface area contributed by atoms with Crippen molar-refractivity contribution < 1.29 is 36.7 Å². The Hall–Kier alpha value is -5.20. The number of methoxy groups -OCH3 is 1. The van der Waals surface area contributed by atoms with Gasteiger partial charge in [0, 0.05) is 19.3 Å². The Labute approximate surface area is 263 Å². The zero-order chi connectivity index (χ0) is 33.3. The molecule has 1 fully saturated rings. The largest absolute Gasteiger partial charge is 0.497 e. The van der Waals surface area contributed by atoms with Crippen molar-refractivity contribution in [1.29, 1.82) is 0 Å². The number of hydrogen-bond acceptors (Lipinski definition) is 8. The Bertz CT molecular complexity index is 1730. The van der Waals surface area contributed by atoms with Crippen LogP contribution < -0.4 is 9.64 Å². The Morgan fingerprint density at radius 3 is 2.39 bits per heavy atom. The molecular formula is C33H32F3N5O5. The van der Waals surface area contributed by atoms with E-state index in [1.165, 1.54) is 18.3 Å². The van der Waals surface area contributed by atoms with Gasteiger partial charge in [0.05, 0.1) is 24.0 Å². The molecular weight excluding hydrogens is 603 g/mol. The molecule has 0 spiro atoms. The van der Waals surface area contributed by atoms with Crippen LogP contribution in [0.2, 0.25) is 0 Å². The SMILES string of the molecule is C=CC1(c2nnc(-c3ncccc3N(C(=O)OC(C)(C)C)c3ccc(C(F)(F)F)cc3)o2)CCN(Cc2ccc(OC)cc2)C1=O. The van der Waals surface area contributed by atoms with Gasteiger partial charge in [-0.15, -0.1) is 16.8 Å². The molecule has 0 saturated carbocycles. The van der Waals surface area contributed by atoms with Gasteiger partial charge in [-0.2, -0.15) is 13.2 Å². The first kappa shape index (κ1) is 32.2. The third-order valence-electron chi connectivity index (χ3n) is 7.39. The van der Waals surface area contributed by atoms with E-state index in [0.29, 0.717) is 25.3 Å². The van der Waals surface area contributed by atoms with Crippen LogP contribution in [-0.4, -0.2) is 51.3 Å². The van der Waals surface area contributed by atoms with Crippen LogP contribution in [0.5, 0.6) is 5.75 Å². The number of benzene rings is 2. The van der Waals surface area contributed by atoms with Crippen molar-refractivity contribution >= 4 is 23.4 Å². The van der Waals surface area contributed by atoms with Crippen LogP contribution in [-0.2, 0) is 27.7 Å². The van der Waals surface area contributed by atoms with Crippen LogP contribution in [0.15, 0.2) is 83.9 Å². The van der Waals surface area contributed by atoms with Crippen molar-refractivity contribution in [2.24, 2.45) is 0 Å². The highest BCUT2D eigenvalue weighted by Gasteiger charge is 2.50. The summed E-state index contributed by atoms with van der Waals surface area (Å²) in [5, 5.41) is 8.36. The van der Waals surface area contributed by atoms with E-state index in [1.54, 1.807) is 38.8 Å². The summed E-state index contributed by atoms with van der Waals surface area (Å²) in [5.74, 6) is 0.311. The minimum Gasteiger partial charge on any atom is -0.497 e. The molecule has 0 bridgehead atoms. The fraction of sp³-hybridized carbons (Fsp3) is 0.303. The van der Waals surface area contributed by atoms with E-state index in [0.717, 1.165) is 34.7 Å². The summed E-state index contributed by atoms with van der Waals surface area (Å²) in [7, 11) is 1.58. The molecule has 1 saturated heterocycles. The van der Waals surface area contributed by atoms with E-state index in [-0.39, 0.29) is 34.8 Å². The topological polar surface area (TPSA) is 111 Å². The second kappa shape index (κ2) is 12.3. The maximum absolute atomic E-state index is 13.7. The van der Waals surface area contributed by atoms with Crippen molar-refractivity contribution in [1.82, 2.24) is 20.1 Å². The van der Waals surface area contributed by atoms with Crippen LogP contribution in [0, 0.1) is 0 Å². The molecule has 4 aromatic rings. The number of alkyl halides is 3. The first-order valence-electron chi connectivity index (χ1n) is 14.3. The van der Waals surface area contributed by atoms with Gasteiger partial charge in [-0.25, -0.2) is 14.7 Å². The van der Waals surface area contributed by atoms with Crippen LogP contribution >= 0.6 is 0 Å². The minimum atomic E-state index is -4.57. The van der Waals surface area contributed by atoms with Crippen molar-refractivity contribution in [2.45, 2.75) is 50.9 Å². The number of aromatic nitrogens is 3. The monoisotopic (exact) mass is 635 g/mol. The number of amides is 2. The van der Waals surface area contributed by atoms with Crippen molar-refractivity contribution in [2.75, 3.05) is 18.6 Å². The summed E-state index contributed by atoms with van der Waals surface area (Å²) in [6.45, 7) is 9.64. The van der Waals surface area contributed by atoms with Gasteiger partial charge in [-0.05, 0) is 81.3 Å². The quantitative estimate of drug-likeness (QED) is 0.189. The van der Waals surface area contributed by atoms with Gasteiger partial charge in [0.2, 0.25) is 11.8 Å². The molecule has 1 aliphatic rings. The number of hydrogen-bond donors (Lipinski definition) is 0. The predicted octanol–water partition coefficient (Wildman–Crippen LogP) is 7.09. The summed E-state index contributed by atoms with van der Waals surface area (Å²) < 4.78 is 56.8. The standard InChI is InChI=1S/C33H32F3N5O5/c1-6-32(17-19-40(29(32)42)20-21-9-15-24(44-5)16-10-21)28-39-38-27(45-28)26-25(8-7-18-37-26)41(30(43)46-31(2,3)4)23-13-11-22(12-14-23)33(34,35)36/h6-16,18H,1,17,19-20H2,2-5H3.